The van der Waals surface area contributed by atoms with Crippen LogP contribution < -0.4 is 0 Å². The SMILES string of the molecule is FC1(F)[C@H]2[C@@H]([C@H]3C=C[C@@H]2C3)C1(F)F. The molecule has 0 aromatic carbocycles. The third-order valence-electron chi connectivity index (χ3n) is 3.74. The summed E-state index contributed by atoms with van der Waals surface area (Å²) in [5, 5.41) is 0. The summed E-state index contributed by atoms with van der Waals surface area (Å²) < 4.78 is 51.8. The second-order valence-corrected chi connectivity index (χ2v) is 4.25. The van der Waals surface area contributed by atoms with E-state index in [1.807, 2.05) is 0 Å². The molecule has 4 atom stereocenters. The first-order valence-electron chi connectivity index (χ1n) is 4.40. The van der Waals surface area contributed by atoms with Crippen molar-refractivity contribution in [1.29, 1.82) is 0 Å². The van der Waals surface area contributed by atoms with E-state index in [4.69, 9.17) is 0 Å². The fraction of sp³-hybridized carbons (Fsp3) is 0.778. The number of rotatable bonds is 0. The molecule has 0 nitrogen and oxygen atoms in total. The maximum Gasteiger partial charge on any atom is 0.314 e. The molecule has 0 saturated heterocycles. The van der Waals surface area contributed by atoms with Gasteiger partial charge in [0.2, 0.25) is 0 Å². The van der Waals surface area contributed by atoms with Crippen molar-refractivity contribution in [3.63, 3.8) is 0 Å². The Bertz CT molecular complexity index is 266. The van der Waals surface area contributed by atoms with Gasteiger partial charge in [-0.1, -0.05) is 12.2 Å². The third-order valence-corrected chi connectivity index (χ3v) is 3.74. The Kier molecular flexibility index (Phi) is 1.08. The van der Waals surface area contributed by atoms with Gasteiger partial charge in [-0.2, -0.15) is 17.6 Å². The molecule has 2 saturated carbocycles. The van der Waals surface area contributed by atoms with Gasteiger partial charge in [-0.15, -0.1) is 0 Å². The van der Waals surface area contributed by atoms with Gasteiger partial charge in [-0.3, -0.25) is 0 Å². The van der Waals surface area contributed by atoms with Crippen molar-refractivity contribution in [3.8, 4) is 0 Å². The molecular formula is C9H8F4. The van der Waals surface area contributed by atoms with E-state index in [0.29, 0.717) is 6.42 Å². The largest absolute Gasteiger partial charge is 0.314 e. The summed E-state index contributed by atoms with van der Waals surface area (Å²) >= 11 is 0. The number of fused-ring (bicyclic) bond motifs is 5. The van der Waals surface area contributed by atoms with Gasteiger partial charge in [-0.25, -0.2) is 0 Å². The Morgan fingerprint density at radius 1 is 0.846 bits per heavy atom. The summed E-state index contributed by atoms with van der Waals surface area (Å²) in [6.45, 7) is 0. The normalized spacial score (nSPS) is 53.2. The second-order valence-electron chi connectivity index (χ2n) is 4.25. The zero-order valence-electron chi connectivity index (χ0n) is 6.68. The van der Waals surface area contributed by atoms with E-state index in [1.54, 1.807) is 12.2 Å². The highest BCUT2D eigenvalue weighted by atomic mass is 19.3. The molecule has 72 valence electrons. The van der Waals surface area contributed by atoms with Crippen LogP contribution in [0.3, 0.4) is 0 Å². The quantitative estimate of drug-likeness (QED) is 0.409. The lowest BCUT2D eigenvalue weighted by Crippen LogP contribution is -2.67. The van der Waals surface area contributed by atoms with Crippen molar-refractivity contribution in [3.05, 3.63) is 12.2 Å². The number of halogens is 4. The Labute approximate surface area is 72.6 Å². The average Bonchev–Trinajstić information content (AvgIpc) is 2.60. The maximum atomic E-state index is 12.9. The van der Waals surface area contributed by atoms with Crippen LogP contribution >= 0.6 is 0 Å². The molecule has 0 amide bonds. The highest BCUT2D eigenvalue weighted by Crippen LogP contribution is 2.71. The molecule has 0 unspecified atom stereocenters. The van der Waals surface area contributed by atoms with Gasteiger partial charge in [0, 0.05) is 11.8 Å². The molecule has 3 aliphatic carbocycles. The molecule has 0 aromatic heterocycles. The summed E-state index contributed by atoms with van der Waals surface area (Å²) in [5.74, 6) is -10.3. The van der Waals surface area contributed by atoms with Crippen LogP contribution in [0, 0.1) is 23.7 Å². The van der Waals surface area contributed by atoms with Gasteiger partial charge in [0.15, 0.2) is 0 Å². The topological polar surface area (TPSA) is 0 Å². The molecule has 2 bridgehead atoms. The first-order valence-corrected chi connectivity index (χ1v) is 4.40. The van der Waals surface area contributed by atoms with E-state index < -0.39 is 23.7 Å². The van der Waals surface area contributed by atoms with E-state index in [-0.39, 0.29) is 11.8 Å². The highest BCUT2D eigenvalue weighted by molar-refractivity contribution is 5.27. The van der Waals surface area contributed by atoms with Crippen LogP contribution in [-0.2, 0) is 0 Å². The lowest BCUT2D eigenvalue weighted by molar-refractivity contribution is -0.355. The van der Waals surface area contributed by atoms with E-state index in [0.717, 1.165) is 0 Å². The number of hydrogen-bond acceptors (Lipinski definition) is 0. The van der Waals surface area contributed by atoms with Crippen LogP contribution in [0.15, 0.2) is 12.2 Å². The Hall–Kier alpha value is -0.540. The molecule has 0 aliphatic heterocycles. The van der Waals surface area contributed by atoms with Crippen LogP contribution in [-0.4, -0.2) is 11.8 Å². The molecule has 0 N–H and O–H groups in total. The van der Waals surface area contributed by atoms with Crippen molar-refractivity contribution in [2.24, 2.45) is 23.7 Å². The van der Waals surface area contributed by atoms with Crippen LogP contribution in [0.2, 0.25) is 0 Å². The lowest BCUT2D eigenvalue weighted by atomic mass is 9.61. The maximum absolute atomic E-state index is 12.9. The molecule has 2 fully saturated rings. The van der Waals surface area contributed by atoms with Gasteiger partial charge in [0.1, 0.15) is 0 Å². The predicted molar refractivity (Wildman–Crippen MR) is 37.6 cm³/mol. The second kappa shape index (κ2) is 1.79. The highest BCUT2D eigenvalue weighted by Gasteiger charge is 2.83. The van der Waals surface area contributed by atoms with Crippen molar-refractivity contribution in [2.75, 3.05) is 0 Å². The molecule has 4 heteroatoms. The zero-order valence-corrected chi connectivity index (χ0v) is 6.68. The molecule has 3 aliphatic rings. The number of hydrogen-bond donors (Lipinski definition) is 0. The van der Waals surface area contributed by atoms with Crippen LogP contribution in [0.1, 0.15) is 6.42 Å². The summed E-state index contributed by atoms with van der Waals surface area (Å²) in [5.41, 5.74) is 0. The Morgan fingerprint density at radius 2 is 1.23 bits per heavy atom. The van der Waals surface area contributed by atoms with E-state index >= 15 is 0 Å². The number of alkyl halides is 4. The number of allylic oxidation sites excluding steroid dienone is 2. The Balaban J connectivity index is 2.04. The summed E-state index contributed by atoms with van der Waals surface area (Å²) in [6, 6.07) is 0. The van der Waals surface area contributed by atoms with E-state index in [1.165, 1.54) is 0 Å². The minimum atomic E-state index is -3.76. The van der Waals surface area contributed by atoms with Gasteiger partial charge in [0.25, 0.3) is 0 Å². The first kappa shape index (κ1) is 7.83. The lowest BCUT2D eigenvalue weighted by Gasteiger charge is -2.51. The third kappa shape index (κ3) is 0.597. The van der Waals surface area contributed by atoms with Gasteiger partial charge in [-0.05, 0) is 18.3 Å². The fourth-order valence-corrected chi connectivity index (χ4v) is 3.16. The molecule has 13 heavy (non-hydrogen) atoms. The van der Waals surface area contributed by atoms with Crippen molar-refractivity contribution >= 4 is 0 Å². The average molecular weight is 192 g/mol. The molecule has 3 rings (SSSR count). The smallest absolute Gasteiger partial charge is 0.200 e. The monoisotopic (exact) mass is 192 g/mol. The molecular weight excluding hydrogens is 184 g/mol. The standard InChI is InChI=1S/C9H8F4/c10-8(11)6-4-1-2-5(3-4)7(6)9(8,12)13/h1-2,4-7H,3H2/t4-,5+,6-,7-/m1/s1. The van der Waals surface area contributed by atoms with Crippen LogP contribution in [0.4, 0.5) is 17.6 Å². The van der Waals surface area contributed by atoms with Gasteiger partial charge >= 0.3 is 11.8 Å². The van der Waals surface area contributed by atoms with E-state index in [2.05, 4.69) is 0 Å². The first-order chi connectivity index (χ1) is 5.96. The summed E-state index contributed by atoms with van der Waals surface area (Å²) in [4.78, 5) is 0. The Morgan fingerprint density at radius 3 is 1.62 bits per heavy atom. The zero-order chi connectivity index (χ0) is 9.43. The minimum Gasteiger partial charge on any atom is -0.200 e. The van der Waals surface area contributed by atoms with Crippen molar-refractivity contribution in [1.82, 2.24) is 0 Å². The van der Waals surface area contributed by atoms with Gasteiger partial charge in [0.05, 0.1) is 0 Å². The molecule has 0 aromatic rings. The summed E-state index contributed by atoms with van der Waals surface area (Å²) in [7, 11) is 0. The van der Waals surface area contributed by atoms with Crippen LogP contribution in [0.5, 0.6) is 0 Å². The predicted octanol–water partition coefficient (Wildman–Crippen LogP) is 2.71. The fourth-order valence-electron chi connectivity index (χ4n) is 3.16. The van der Waals surface area contributed by atoms with Crippen molar-refractivity contribution in [2.45, 2.75) is 18.3 Å². The summed E-state index contributed by atoms with van der Waals surface area (Å²) in [6.07, 6.45) is 3.85. The van der Waals surface area contributed by atoms with E-state index in [9.17, 15) is 17.6 Å². The molecule has 0 radical (unpaired) electrons. The minimum absolute atomic E-state index is 0.301. The molecule has 0 spiro atoms. The van der Waals surface area contributed by atoms with Crippen molar-refractivity contribution < 1.29 is 17.6 Å². The van der Waals surface area contributed by atoms with Crippen LogP contribution in [0.25, 0.3) is 0 Å². The molecule has 0 heterocycles. The van der Waals surface area contributed by atoms with Gasteiger partial charge < -0.3 is 0 Å².